The highest BCUT2D eigenvalue weighted by Crippen LogP contribution is 2.35. The average Bonchev–Trinajstić information content (AvgIpc) is 2.47. The van der Waals surface area contributed by atoms with E-state index in [0.29, 0.717) is 19.6 Å². The van der Waals surface area contributed by atoms with Gasteiger partial charge in [-0.05, 0) is 45.6 Å². The first-order valence-electron chi connectivity index (χ1n) is 8.38. The third-order valence-electron chi connectivity index (χ3n) is 3.74. The summed E-state index contributed by atoms with van der Waals surface area (Å²) in [6.45, 7) is 6.59. The molecule has 1 saturated heterocycles. The monoisotopic (exact) mass is 334 g/mol. The average molecular weight is 334 g/mol. The predicted octanol–water partition coefficient (Wildman–Crippen LogP) is 3.40. The molecule has 0 amide bonds. The summed E-state index contributed by atoms with van der Waals surface area (Å²) in [6.07, 6.45) is 2.12. The lowest BCUT2D eigenvalue weighted by molar-refractivity contribution is -0.215. The van der Waals surface area contributed by atoms with Gasteiger partial charge in [-0.25, -0.2) is 4.79 Å². The molecule has 0 spiro atoms. The second kappa shape index (κ2) is 7.79. The second-order valence-corrected chi connectivity index (χ2v) is 7.14. The van der Waals surface area contributed by atoms with Gasteiger partial charge >= 0.3 is 11.9 Å². The maximum Gasteiger partial charge on any atom is 0.351 e. The van der Waals surface area contributed by atoms with Crippen LogP contribution in [0.2, 0.25) is 0 Å². The number of cyclic esters (lactones) is 1. The van der Waals surface area contributed by atoms with Gasteiger partial charge in [0.2, 0.25) is 5.60 Å². The number of esters is 2. The zero-order valence-corrected chi connectivity index (χ0v) is 14.7. The van der Waals surface area contributed by atoms with Gasteiger partial charge in [0.05, 0.1) is 13.0 Å². The van der Waals surface area contributed by atoms with Crippen LogP contribution in [-0.2, 0) is 30.4 Å². The molecule has 1 aliphatic rings. The number of hydrogen-bond acceptors (Lipinski definition) is 5. The molecule has 0 aromatic heterocycles. The van der Waals surface area contributed by atoms with Gasteiger partial charge in [-0.1, -0.05) is 30.3 Å². The Kier molecular flexibility index (Phi) is 5.99. The molecule has 1 atom stereocenters. The Balaban J connectivity index is 1.70. The van der Waals surface area contributed by atoms with Crippen molar-refractivity contribution in [1.29, 1.82) is 0 Å². The molecular weight excluding hydrogens is 308 g/mol. The zero-order chi connectivity index (χ0) is 17.6. The normalized spacial score (nSPS) is 20.2. The van der Waals surface area contributed by atoms with Crippen LogP contribution in [0.5, 0.6) is 0 Å². The van der Waals surface area contributed by atoms with E-state index >= 15 is 0 Å². The Bertz CT molecular complexity index is 551. The first kappa shape index (κ1) is 18.5. The van der Waals surface area contributed by atoms with Gasteiger partial charge in [0.1, 0.15) is 5.60 Å². The van der Waals surface area contributed by atoms with E-state index in [1.807, 2.05) is 30.3 Å². The largest absolute Gasteiger partial charge is 0.457 e. The molecule has 132 valence electrons. The molecule has 1 fully saturated rings. The molecule has 5 heteroatoms. The molecule has 1 heterocycles. The molecule has 0 bridgehead atoms. The molecule has 0 unspecified atom stereocenters. The van der Waals surface area contributed by atoms with E-state index in [0.717, 1.165) is 18.4 Å². The minimum atomic E-state index is -1.09. The van der Waals surface area contributed by atoms with E-state index in [4.69, 9.17) is 14.2 Å². The third-order valence-corrected chi connectivity index (χ3v) is 3.74. The number of hydrogen-bond donors (Lipinski definition) is 0. The third kappa shape index (κ3) is 5.34. The van der Waals surface area contributed by atoms with Gasteiger partial charge in [0, 0.05) is 6.61 Å². The summed E-state index contributed by atoms with van der Waals surface area (Å²) >= 11 is 0. The van der Waals surface area contributed by atoms with Gasteiger partial charge in [0.25, 0.3) is 0 Å². The predicted molar refractivity (Wildman–Crippen MR) is 89.2 cm³/mol. The summed E-state index contributed by atoms with van der Waals surface area (Å²) in [6, 6.07) is 9.97. The van der Waals surface area contributed by atoms with E-state index in [9.17, 15) is 9.59 Å². The lowest BCUT2D eigenvalue weighted by Crippen LogP contribution is -2.56. The van der Waals surface area contributed by atoms with Crippen molar-refractivity contribution in [3.8, 4) is 0 Å². The van der Waals surface area contributed by atoms with E-state index in [2.05, 4.69) is 0 Å². The molecule has 0 saturated carbocycles. The molecule has 0 radical (unpaired) electrons. The number of carbonyl (C=O) groups excluding carboxylic acids is 2. The molecule has 1 aliphatic heterocycles. The van der Waals surface area contributed by atoms with Crippen LogP contribution < -0.4 is 0 Å². The fraction of sp³-hybridized carbons (Fsp3) is 0.579. The van der Waals surface area contributed by atoms with E-state index in [-0.39, 0.29) is 12.4 Å². The summed E-state index contributed by atoms with van der Waals surface area (Å²) in [7, 11) is 0. The number of rotatable bonds is 8. The first-order chi connectivity index (χ1) is 11.3. The molecule has 1 aromatic rings. The number of ether oxygens (including phenoxy) is 3. The quantitative estimate of drug-likeness (QED) is 0.538. The summed E-state index contributed by atoms with van der Waals surface area (Å²) < 4.78 is 16.2. The highest BCUT2D eigenvalue weighted by Gasteiger charge is 2.54. The van der Waals surface area contributed by atoms with Gasteiger partial charge in [0.15, 0.2) is 0 Å². The standard InChI is InChI=1S/C19H26O5/c1-18(2,3)24-17(21)19(13-16(20)23-19)11-7-8-12-22-14-15-9-5-4-6-10-15/h4-6,9-10H,7-8,11-14H2,1-3H3/t19-/m0/s1. The number of carbonyl (C=O) groups is 2. The van der Waals surface area contributed by atoms with Crippen LogP contribution in [0.3, 0.4) is 0 Å². The summed E-state index contributed by atoms with van der Waals surface area (Å²) in [4.78, 5) is 23.5. The van der Waals surface area contributed by atoms with Crippen LogP contribution in [0.4, 0.5) is 0 Å². The zero-order valence-electron chi connectivity index (χ0n) is 14.7. The van der Waals surface area contributed by atoms with Crippen LogP contribution in [-0.4, -0.2) is 29.7 Å². The van der Waals surface area contributed by atoms with Crippen molar-refractivity contribution in [2.45, 2.75) is 64.3 Å². The summed E-state index contributed by atoms with van der Waals surface area (Å²) in [5.74, 6) is -0.791. The van der Waals surface area contributed by atoms with E-state index in [1.165, 1.54) is 0 Å². The highest BCUT2D eigenvalue weighted by atomic mass is 16.6. The van der Waals surface area contributed by atoms with Gasteiger partial charge in [-0.2, -0.15) is 0 Å². The molecule has 1 aromatic carbocycles. The summed E-state index contributed by atoms with van der Waals surface area (Å²) in [5, 5.41) is 0. The van der Waals surface area contributed by atoms with E-state index in [1.54, 1.807) is 20.8 Å². The smallest absolute Gasteiger partial charge is 0.351 e. The highest BCUT2D eigenvalue weighted by molar-refractivity contribution is 5.93. The van der Waals surface area contributed by atoms with Crippen molar-refractivity contribution >= 4 is 11.9 Å². The minimum Gasteiger partial charge on any atom is -0.457 e. The van der Waals surface area contributed by atoms with Crippen LogP contribution in [0, 0.1) is 0 Å². The lowest BCUT2D eigenvalue weighted by atomic mass is 9.88. The molecule has 5 nitrogen and oxygen atoms in total. The molecule has 0 N–H and O–H groups in total. The van der Waals surface area contributed by atoms with Crippen LogP contribution in [0.15, 0.2) is 30.3 Å². The maximum absolute atomic E-state index is 12.3. The lowest BCUT2D eigenvalue weighted by Gasteiger charge is -2.39. The van der Waals surface area contributed by atoms with Crippen molar-refractivity contribution in [1.82, 2.24) is 0 Å². The topological polar surface area (TPSA) is 61.8 Å². The fourth-order valence-corrected chi connectivity index (χ4v) is 2.55. The Morgan fingerprint density at radius 3 is 2.46 bits per heavy atom. The number of unbranched alkanes of at least 4 members (excludes halogenated alkanes) is 1. The van der Waals surface area contributed by atoms with Crippen molar-refractivity contribution < 1.29 is 23.8 Å². The Morgan fingerprint density at radius 1 is 1.21 bits per heavy atom. The Morgan fingerprint density at radius 2 is 1.88 bits per heavy atom. The second-order valence-electron chi connectivity index (χ2n) is 7.14. The number of benzene rings is 1. The Labute approximate surface area is 143 Å². The maximum atomic E-state index is 12.3. The van der Waals surface area contributed by atoms with Crippen LogP contribution in [0.25, 0.3) is 0 Å². The van der Waals surface area contributed by atoms with Gasteiger partial charge in [-0.15, -0.1) is 0 Å². The van der Waals surface area contributed by atoms with E-state index < -0.39 is 17.2 Å². The van der Waals surface area contributed by atoms with Gasteiger partial charge < -0.3 is 14.2 Å². The summed E-state index contributed by atoms with van der Waals surface area (Å²) in [5.41, 5.74) is -0.551. The SMILES string of the molecule is CC(C)(C)OC(=O)[C@]1(CCCCOCc2ccccc2)CC(=O)O1. The molecule has 24 heavy (non-hydrogen) atoms. The molecular formula is C19H26O5. The van der Waals surface area contributed by atoms with Crippen LogP contribution >= 0.6 is 0 Å². The first-order valence-corrected chi connectivity index (χ1v) is 8.38. The van der Waals surface area contributed by atoms with Crippen molar-refractivity contribution in [2.24, 2.45) is 0 Å². The van der Waals surface area contributed by atoms with Crippen molar-refractivity contribution in [3.63, 3.8) is 0 Å². The van der Waals surface area contributed by atoms with Crippen molar-refractivity contribution in [2.75, 3.05) is 6.61 Å². The van der Waals surface area contributed by atoms with Crippen LogP contribution in [0.1, 0.15) is 52.0 Å². The Hall–Kier alpha value is -1.88. The fourth-order valence-electron chi connectivity index (χ4n) is 2.55. The van der Waals surface area contributed by atoms with Gasteiger partial charge in [-0.3, -0.25) is 4.79 Å². The molecule has 2 rings (SSSR count). The molecule has 0 aliphatic carbocycles. The van der Waals surface area contributed by atoms with Crippen molar-refractivity contribution in [3.05, 3.63) is 35.9 Å². The minimum absolute atomic E-state index is 0.104.